The number of fused-ring (bicyclic) bond motifs is 8. The standard InChI is InChI=1S/C44H37N5O.Pt/c1-43(2,3)28-23-24-45-41(25-28)47-35-15-9-7-13-31(35)32-21-19-29(26-39(32)47)50-30-20-22-33(44(4,5)6)40(27-30)49-38-18-12-11-17-37(38)48-36-16-10-8-14-34(36)46-42(48)49;/h7-25H,1-6H3;/q-2;+2. The molecule has 9 aromatic rings. The quantitative estimate of drug-likeness (QED) is 0.166. The Morgan fingerprint density at radius 1 is 0.608 bits per heavy atom. The summed E-state index contributed by atoms with van der Waals surface area (Å²) < 4.78 is 13.3. The Bertz CT molecular complexity index is 2770. The first kappa shape index (κ1) is 33.0. The van der Waals surface area contributed by atoms with E-state index in [2.05, 4.69) is 158 Å². The van der Waals surface area contributed by atoms with E-state index >= 15 is 0 Å². The minimum Gasteiger partial charge on any atom is -0.509 e. The van der Waals surface area contributed by atoms with Crippen LogP contribution in [-0.2, 0) is 31.9 Å². The van der Waals surface area contributed by atoms with Crippen LogP contribution in [0.15, 0.2) is 115 Å². The van der Waals surface area contributed by atoms with Crippen molar-refractivity contribution in [3.05, 3.63) is 139 Å². The fourth-order valence-electron chi connectivity index (χ4n) is 7.17. The summed E-state index contributed by atoms with van der Waals surface area (Å²) in [7, 11) is 0. The molecule has 0 aliphatic rings. The normalized spacial score (nSPS) is 12.4. The van der Waals surface area contributed by atoms with Crippen LogP contribution < -0.4 is 4.74 Å². The second-order valence-electron chi connectivity index (χ2n) is 15.1. The Kier molecular flexibility index (Phi) is 7.73. The van der Waals surface area contributed by atoms with E-state index in [0.29, 0.717) is 11.5 Å². The summed E-state index contributed by atoms with van der Waals surface area (Å²) in [6, 6.07) is 45.1. The smallest absolute Gasteiger partial charge is 0.509 e. The molecule has 0 saturated carbocycles. The largest absolute Gasteiger partial charge is 2.00 e. The van der Waals surface area contributed by atoms with Crippen molar-refractivity contribution in [3.63, 3.8) is 0 Å². The summed E-state index contributed by atoms with van der Waals surface area (Å²) in [4.78, 5) is 9.96. The summed E-state index contributed by atoms with van der Waals surface area (Å²) in [6.45, 7) is 13.4. The SMILES string of the molecule is CC(C)(C)c1ccnc(-n2c3[c-]c(Oc4[c-]c(-n5c6ccccc6n6c7ccccc7nc56)c(C(C)(C)C)cc4)ccc3c3ccccc32)c1.[Pt+2]. The van der Waals surface area contributed by atoms with Crippen LogP contribution in [0.1, 0.15) is 52.7 Å². The summed E-state index contributed by atoms with van der Waals surface area (Å²) >= 11 is 0. The van der Waals surface area contributed by atoms with Gasteiger partial charge in [-0.05, 0) is 58.8 Å². The number of pyridine rings is 1. The first-order valence-electron chi connectivity index (χ1n) is 17.1. The molecule has 4 heterocycles. The fourth-order valence-corrected chi connectivity index (χ4v) is 7.17. The minimum absolute atomic E-state index is 0. The van der Waals surface area contributed by atoms with E-state index < -0.39 is 0 Å². The summed E-state index contributed by atoms with van der Waals surface area (Å²) in [5.41, 5.74) is 9.26. The molecule has 254 valence electrons. The first-order chi connectivity index (χ1) is 24.1. The van der Waals surface area contributed by atoms with Crippen LogP contribution >= 0.6 is 0 Å². The maximum Gasteiger partial charge on any atom is 2.00 e. The predicted octanol–water partition coefficient (Wildman–Crippen LogP) is 10.9. The summed E-state index contributed by atoms with van der Waals surface area (Å²) in [6.07, 6.45) is 1.90. The molecule has 6 nitrogen and oxygen atoms in total. The zero-order valence-corrected chi connectivity index (χ0v) is 31.7. The van der Waals surface area contributed by atoms with Crippen molar-refractivity contribution < 1.29 is 25.8 Å². The van der Waals surface area contributed by atoms with Crippen molar-refractivity contribution in [1.29, 1.82) is 0 Å². The molecule has 0 bridgehead atoms. The maximum absolute atomic E-state index is 6.66. The van der Waals surface area contributed by atoms with Crippen molar-refractivity contribution in [1.82, 2.24) is 23.5 Å². The van der Waals surface area contributed by atoms with E-state index in [1.807, 2.05) is 24.4 Å². The van der Waals surface area contributed by atoms with E-state index in [4.69, 9.17) is 14.7 Å². The third-order valence-corrected chi connectivity index (χ3v) is 9.65. The number of rotatable bonds is 4. The molecule has 51 heavy (non-hydrogen) atoms. The van der Waals surface area contributed by atoms with Gasteiger partial charge in [0.1, 0.15) is 5.82 Å². The Labute approximate surface area is 311 Å². The van der Waals surface area contributed by atoms with Crippen molar-refractivity contribution in [2.75, 3.05) is 0 Å². The molecular weight excluding hydrogens is 810 g/mol. The summed E-state index contributed by atoms with van der Waals surface area (Å²) in [5, 5.41) is 2.24. The van der Waals surface area contributed by atoms with E-state index in [-0.39, 0.29) is 31.9 Å². The molecule has 0 amide bonds. The molecular formula is C44H37N5OPt. The third-order valence-electron chi connectivity index (χ3n) is 9.65. The number of benzene rings is 5. The monoisotopic (exact) mass is 846 g/mol. The van der Waals surface area contributed by atoms with Gasteiger partial charge >= 0.3 is 21.1 Å². The number of nitrogens with zero attached hydrogens (tertiary/aromatic N) is 5. The topological polar surface area (TPSA) is 49.3 Å². The van der Waals surface area contributed by atoms with Crippen LogP contribution in [0.5, 0.6) is 11.5 Å². The zero-order valence-electron chi connectivity index (χ0n) is 29.4. The van der Waals surface area contributed by atoms with Crippen molar-refractivity contribution in [2.45, 2.75) is 52.4 Å². The first-order valence-corrected chi connectivity index (χ1v) is 17.1. The van der Waals surface area contributed by atoms with Crippen molar-refractivity contribution in [3.8, 4) is 23.0 Å². The van der Waals surface area contributed by atoms with Gasteiger partial charge in [-0.1, -0.05) is 101 Å². The molecule has 0 fully saturated rings. The Balaban J connectivity index is 0.00000374. The third kappa shape index (κ3) is 5.36. The van der Waals surface area contributed by atoms with Crippen molar-refractivity contribution in [2.24, 2.45) is 0 Å². The number of ether oxygens (including phenoxy) is 1. The maximum atomic E-state index is 6.66. The molecule has 0 unspecified atom stereocenters. The summed E-state index contributed by atoms with van der Waals surface area (Å²) in [5.74, 6) is 2.91. The van der Waals surface area contributed by atoms with E-state index in [0.717, 1.165) is 66.7 Å². The van der Waals surface area contributed by atoms with E-state index in [1.165, 1.54) is 5.56 Å². The van der Waals surface area contributed by atoms with E-state index in [1.54, 1.807) is 0 Å². The molecule has 0 N–H and O–H groups in total. The van der Waals surface area contributed by atoms with Crippen LogP contribution in [0.2, 0.25) is 0 Å². The second-order valence-corrected chi connectivity index (χ2v) is 15.1. The number of hydrogen-bond acceptors (Lipinski definition) is 3. The van der Waals surface area contributed by atoms with Gasteiger partial charge in [-0.2, -0.15) is 12.1 Å². The van der Waals surface area contributed by atoms with Gasteiger partial charge in [0.15, 0.2) is 0 Å². The van der Waals surface area contributed by atoms with Gasteiger partial charge in [0, 0.05) is 23.2 Å². The van der Waals surface area contributed by atoms with Crippen LogP contribution in [0.4, 0.5) is 0 Å². The minimum atomic E-state index is -0.167. The second kappa shape index (κ2) is 12.0. The van der Waals surface area contributed by atoms with Gasteiger partial charge in [0.2, 0.25) is 5.78 Å². The Morgan fingerprint density at radius 3 is 2.04 bits per heavy atom. The number of imidazole rings is 2. The van der Waals surface area contributed by atoms with Gasteiger partial charge in [-0.15, -0.1) is 35.2 Å². The molecule has 9 rings (SSSR count). The zero-order chi connectivity index (χ0) is 34.4. The van der Waals surface area contributed by atoms with Crippen LogP contribution in [0.3, 0.4) is 0 Å². The van der Waals surface area contributed by atoms with Gasteiger partial charge < -0.3 is 13.9 Å². The number of hydrogen-bond donors (Lipinski definition) is 0. The molecule has 4 aromatic heterocycles. The fraction of sp³-hybridized carbons (Fsp3) is 0.182. The molecule has 0 radical (unpaired) electrons. The Hall–Kier alpha value is -5.19. The van der Waals surface area contributed by atoms with E-state index in [9.17, 15) is 0 Å². The van der Waals surface area contributed by atoms with Gasteiger partial charge in [-0.3, -0.25) is 4.40 Å². The molecule has 0 aliphatic carbocycles. The van der Waals surface area contributed by atoms with Gasteiger partial charge in [0.25, 0.3) is 0 Å². The van der Waals surface area contributed by atoms with Crippen LogP contribution in [0, 0.1) is 12.1 Å². The number of aromatic nitrogens is 5. The molecule has 0 atom stereocenters. The van der Waals surface area contributed by atoms with Gasteiger partial charge in [0.05, 0.1) is 22.1 Å². The van der Waals surface area contributed by atoms with Gasteiger partial charge in [-0.25, -0.2) is 9.97 Å². The average molecular weight is 847 g/mol. The molecule has 0 saturated heterocycles. The molecule has 7 heteroatoms. The van der Waals surface area contributed by atoms with Crippen LogP contribution in [0.25, 0.3) is 61.2 Å². The average Bonchev–Trinajstić information content (AvgIpc) is 3.74. The Morgan fingerprint density at radius 2 is 1.27 bits per heavy atom. The molecule has 5 aromatic carbocycles. The predicted molar refractivity (Wildman–Crippen MR) is 203 cm³/mol. The molecule has 0 spiro atoms. The van der Waals surface area contributed by atoms with Crippen molar-refractivity contribution >= 4 is 49.7 Å². The van der Waals surface area contributed by atoms with Crippen LogP contribution in [-0.4, -0.2) is 23.5 Å². The number of para-hydroxylation sites is 5. The molecule has 0 aliphatic heterocycles.